The number of para-hydroxylation sites is 4. The topological polar surface area (TPSA) is 23.0 Å². The predicted octanol–water partition coefficient (Wildman–Crippen LogP) is 8.33. The van der Waals surface area contributed by atoms with Gasteiger partial charge in [0.15, 0.2) is 0 Å². The normalized spacial score (nSPS) is 12.3. The number of aryl methyl sites for hydroxylation is 1. The van der Waals surface area contributed by atoms with E-state index < -0.39 is 0 Å². The molecule has 0 N–H and O–H groups in total. The summed E-state index contributed by atoms with van der Waals surface area (Å²) in [5.74, 6) is 0. The number of hydrogen-bond acceptors (Lipinski definition) is 1. The van der Waals surface area contributed by atoms with Crippen molar-refractivity contribution >= 4 is 65.6 Å². The van der Waals surface area contributed by atoms with E-state index >= 15 is 0 Å². The van der Waals surface area contributed by atoms with Crippen LogP contribution in [0.3, 0.4) is 0 Å². The maximum absolute atomic E-state index is 6.67. The summed E-state index contributed by atoms with van der Waals surface area (Å²) < 4.78 is 11.4. The third-order valence-corrected chi connectivity index (χ3v) is 7.29. The van der Waals surface area contributed by atoms with Crippen LogP contribution in [0.15, 0.2) is 108 Å². The molecule has 0 fully saturated rings. The Hall–Kier alpha value is -4.50. The highest BCUT2D eigenvalue weighted by molar-refractivity contribution is 6.39. The maximum Gasteiger partial charge on any atom is 0.146 e. The van der Waals surface area contributed by atoms with Crippen molar-refractivity contribution in [3.63, 3.8) is 0 Å². The summed E-state index contributed by atoms with van der Waals surface area (Å²) in [4.78, 5) is 0. The van der Waals surface area contributed by atoms with Gasteiger partial charge in [-0.05, 0) is 30.3 Å². The number of fused-ring (bicyclic) bond motifs is 12. The fourth-order valence-corrected chi connectivity index (χ4v) is 5.93. The van der Waals surface area contributed by atoms with Crippen molar-refractivity contribution in [2.75, 3.05) is 0 Å². The molecule has 0 saturated heterocycles. The van der Waals surface area contributed by atoms with E-state index in [9.17, 15) is 0 Å². The molecule has 3 heterocycles. The zero-order chi connectivity index (χ0) is 22.4. The monoisotopic (exact) mass is 436 g/mol. The van der Waals surface area contributed by atoms with Crippen LogP contribution >= 0.6 is 0 Å². The minimum absolute atomic E-state index is 0.927. The average Bonchev–Trinajstić information content (AvgIpc) is 3.53. The first-order valence-electron chi connectivity index (χ1n) is 11.6. The molecule has 0 unspecified atom stereocenters. The van der Waals surface area contributed by atoms with Crippen LogP contribution in [0.2, 0.25) is 0 Å². The fourth-order valence-electron chi connectivity index (χ4n) is 5.93. The molecule has 8 aromatic rings. The lowest BCUT2D eigenvalue weighted by Gasteiger charge is -2.10. The molecule has 5 aromatic carbocycles. The summed E-state index contributed by atoms with van der Waals surface area (Å²) in [5, 5.41) is 7.25. The second-order valence-electron chi connectivity index (χ2n) is 9.01. The Labute approximate surface area is 195 Å². The molecule has 0 amide bonds. The van der Waals surface area contributed by atoms with Gasteiger partial charge in [-0.15, -0.1) is 0 Å². The van der Waals surface area contributed by atoms with Gasteiger partial charge in [0.2, 0.25) is 0 Å². The highest BCUT2D eigenvalue weighted by Crippen LogP contribution is 2.48. The van der Waals surface area contributed by atoms with Gasteiger partial charge in [0.05, 0.1) is 21.9 Å². The van der Waals surface area contributed by atoms with Crippen LogP contribution in [-0.2, 0) is 7.05 Å². The van der Waals surface area contributed by atoms with Crippen molar-refractivity contribution < 1.29 is 4.42 Å². The molecule has 0 aliphatic carbocycles. The Balaban J connectivity index is 1.82. The molecule has 3 heteroatoms. The van der Waals surface area contributed by atoms with Gasteiger partial charge in [-0.2, -0.15) is 0 Å². The largest absolute Gasteiger partial charge is 0.455 e. The first-order chi connectivity index (χ1) is 16.8. The van der Waals surface area contributed by atoms with Crippen LogP contribution in [0.25, 0.3) is 71.2 Å². The van der Waals surface area contributed by atoms with Gasteiger partial charge < -0.3 is 13.6 Å². The van der Waals surface area contributed by atoms with Crippen LogP contribution in [0.5, 0.6) is 0 Å². The summed E-state index contributed by atoms with van der Waals surface area (Å²) in [7, 11) is 2.19. The lowest BCUT2D eigenvalue weighted by Crippen LogP contribution is -1.96. The zero-order valence-electron chi connectivity index (χ0n) is 18.6. The van der Waals surface area contributed by atoms with E-state index in [-0.39, 0.29) is 0 Å². The Kier molecular flexibility index (Phi) is 3.33. The Morgan fingerprint density at radius 3 is 1.94 bits per heavy atom. The Morgan fingerprint density at radius 1 is 0.529 bits per heavy atom. The van der Waals surface area contributed by atoms with E-state index in [2.05, 4.69) is 119 Å². The second-order valence-corrected chi connectivity index (χ2v) is 9.01. The molecule has 8 rings (SSSR count). The van der Waals surface area contributed by atoms with Gasteiger partial charge in [0.25, 0.3) is 0 Å². The van der Waals surface area contributed by atoms with Gasteiger partial charge in [-0.1, -0.05) is 72.8 Å². The van der Waals surface area contributed by atoms with Crippen LogP contribution < -0.4 is 0 Å². The fraction of sp³-hybridized carbons (Fsp3) is 0.0323. The van der Waals surface area contributed by atoms with Crippen LogP contribution in [0.4, 0.5) is 0 Å². The molecular formula is C31H20N2O. The summed E-state index contributed by atoms with van der Waals surface area (Å²) >= 11 is 0. The van der Waals surface area contributed by atoms with Gasteiger partial charge in [0, 0.05) is 45.2 Å². The first-order valence-corrected chi connectivity index (χ1v) is 11.6. The lowest BCUT2D eigenvalue weighted by molar-refractivity contribution is 0.673. The van der Waals surface area contributed by atoms with Crippen molar-refractivity contribution in [1.82, 2.24) is 9.13 Å². The van der Waals surface area contributed by atoms with E-state index in [0.29, 0.717) is 0 Å². The minimum Gasteiger partial charge on any atom is -0.455 e. The summed E-state index contributed by atoms with van der Waals surface area (Å²) in [5.41, 5.74) is 7.87. The number of hydrogen-bond donors (Lipinski definition) is 0. The summed E-state index contributed by atoms with van der Waals surface area (Å²) in [6, 6.07) is 36.4. The first kappa shape index (κ1) is 18.0. The number of benzene rings is 5. The SMILES string of the molecule is Cn1c2ccccc2c2c3c4ccccc4oc3c3c4ccccc4n(-c4ccccc4)c3c21. The lowest BCUT2D eigenvalue weighted by atomic mass is 10.0. The highest BCUT2D eigenvalue weighted by atomic mass is 16.3. The number of nitrogens with zero attached hydrogens (tertiary/aromatic N) is 2. The molecule has 0 aliphatic rings. The van der Waals surface area contributed by atoms with Gasteiger partial charge in [0.1, 0.15) is 11.2 Å². The maximum atomic E-state index is 6.67. The third kappa shape index (κ3) is 2.07. The minimum atomic E-state index is 0.927. The number of furan rings is 1. The molecule has 0 atom stereocenters. The quantitative estimate of drug-likeness (QED) is 0.254. The van der Waals surface area contributed by atoms with E-state index in [4.69, 9.17) is 4.42 Å². The molecule has 0 aliphatic heterocycles. The molecule has 160 valence electrons. The molecule has 0 saturated carbocycles. The standard InChI is InChI=1S/C31H20N2O/c1-32-23-16-8-5-13-20(23)26-27-22-15-7-10-18-25(22)34-31(27)28-21-14-6-9-17-24(21)33(30(28)29(26)32)19-11-3-2-4-12-19/h2-18H,1H3. The molecule has 0 bridgehead atoms. The van der Waals surface area contributed by atoms with Crippen molar-refractivity contribution in [2.24, 2.45) is 7.05 Å². The van der Waals surface area contributed by atoms with E-state index in [1.54, 1.807) is 0 Å². The Morgan fingerprint density at radius 2 is 1.15 bits per heavy atom. The van der Waals surface area contributed by atoms with E-state index in [1.165, 1.54) is 49.0 Å². The smallest absolute Gasteiger partial charge is 0.146 e. The van der Waals surface area contributed by atoms with Crippen LogP contribution in [-0.4, -0.2) is 9.13 Å². The zero-order valence-corrected chi connectivity index (χ0v) is 18.6. The van der Waals surface area contributed by atoms with E-state index in [1.807, 2.05) is 0 Å². The predicted molar refractivity (Wildman–Crippen MR) is 142 cm³/mol. The van der Waals surface area contributed by atoms with Gasteiger partial charge in [-0.3, -0.25) is 0 Å². The van der Waals surface area contributed by atoms with Gasteiger partial charge in [-0.25, -0.2) is 0 Å². The van der Waals surface area contributed by atoms with Crippen molar-refractivity contribution in [1.29, 1.82) is 0 Å². The van der Waals surface area contributed by atoms with Crippen LogP contribution in [0, 0.1) is 0 Å². The van der Waals surface area contributed by atoms with Crippen LogP contribution in [0.1, 0.15) is 0 Å². The molecule has 34 heavy (non-hydrogen) atoms. The van der Waals surface area contributed by atoms with Gasteiger partial charge >= 0.3 is 0 Å². The van der Waals surface area contributed by atoms with Crippen molar-refractivity contribution in [3.05, 3.63) is 103 Å². The highest BCUT2D eigenvalue weighted by Gasteiger charge is 2.25. The molecule has 3 nitrogen and oxygen atoms in total. The third-order valence-electron chi connectivity index (χ3n) is 7.29. The summed E-state index contributed by atoms with van der Waals surface area (Å²) in [6.07, 6.45) is 0. The number of rotatable bonds is 1. The van der Waals surface area contributed by atoms with Crippen molar-refractivity contribution in [3.8, 4) is 5.69 Å². The molecular weight excluding hydrogens is 416 g/mol. The number of aromatic nitrogens is 2. The molecule has 0 spiro atoms. The summed E-state index contributed by atoms with van der Waals surface area (Å²) in [6.45, 7) is 0. The average molecular weight is 437 g/mol. The van der Waals surface area contributed by atoms with E-state index in [0.717, 1.165) is 22.2 Å². The van der Waals surface area contributed by atoms with Crippen molar-refractivity contribution in [2.45, 2.75) is 0 Å². The molecule has 0 radical (unpaired) electrons. The Bertz CT molecular complexity index is 2070. The second kappa shape index (κ2) is 6.30. The molecule has 3 aromatic heterocycles.